The molecule has 8 nitrogen and oxygen atoms in total. The molecule has 0 fully saturated rings. The molecule has 5 rings (SSSR count). The molecule has 1 aliphatic heterocycles. The van der Waals surface area contributed by atoms with Crippen molar-refractivity contribution >= 4 is 11.8 Å². The molecule has 0 bridgehead atoms. The Morgan fingerprint density at radius 2 is 1.63 bits per heavy atom. The zero-order chi connectivity index (χ0) is 26.3. The van der Waals surface area contributed by atoms with Crippen molar-refractivity contribution in [2.75, 3.05) is 6.79 Å². The average molecular weight is 516 g/mol. The van der Waals surface area contributed by atoms with E-state index >= 15 is 0 Å². The van der Waals surface area contributed by atoms with E-state index in [0.717, 1.165) is 16.7 Å². The number of rotatable bonds is 10. The Balaban J connectivity index is 1.26. The first kappa shape index (κ1) is 25.0. The van der Waals surface area contributed by atoms with Crippen LogP contribution in [0.25, 0.3) is 0 Å². The highest BCUT2D eigenvalue weighted by Gasteiger charge is 2.21. The van der Waals surface area contributed by atoms with E-state index in [9.17, 15) is 14.0 Å². The molecular weight excluding hydrogens is 489 g/mol. The number of ether oxygens (including phenoxy) is 2. The van der Waals surface area contributed by atoms with E-state index in [-0.39, 0.29) is 37.3 Å². The summed E-state index contributed by atoms with van der Waals surface area (Å²) in [5, 5.41) is 6.62. The zero-order valence-electron chi connectivity index (χ0n) is 20.6. The Morgan fingerprint density at radius 3 is 2.45 bits per heavy atom. The van der Waals surface area contributed by atoms with Crippen molar-refractivity contribution in [1.29, 1.82) is 0 Å². The van der Waals surface area contributed by atoms with Crippen LogP contribution in [-0.2, 0) is 30.8 Å². The van der Waals surface area contributed by atoms with Gasteiger partial charge in [0.15, 0.2) is 23.0 Å². The van der Waals surface area contributed by atoms with Crippen molar-refractivity contribution in [3.63, 3.8) is 0 Å². The maximum atomic E-state index is 13.3. The molecule has 4 aromatic rings. The number of nitrogens with zero attached hydrogens (tertiary/aromatic N) is 2. The summed E-state index contributed by atoms with van der Waals surface area (Å²) in [6.45, 7) is 0.843. The molecule has 0 saturated carbocycles. The second kappa shape index (κ2) is 11.6. The third-order valence-electron chi connectivity index (χ3n) is 6.14. The second-order valence-corrected chi connectivity index (χ2v) is 8.91. The Labute approximate surface area is 219 Å². The standard InChI is InChI=1S/C29H26FN3O5/c30-23-10-6-21(7-11-23)16-31-29(35)25-15-24(38-32-25)18-33(28(34)13-9-20-4-2-1-3-5-20)17-22-8-12-26-27(14-22)37-19-36-26/h1-8,10-12,14-15H,9,13,16-19H2,(H,31,35). The predicted octanol–water partition coefficient (Wildman–Crippen LogP) is 4.63. The molecule has 1 aromatic heterocycles. The van der Waals surface area contributed by atoms with Crippen molar-refractivity contribution in [2.24, 2.45) is 0 Å². The molecule has 0 aliphatic carbocycles. The van der Waals surface area contributed by atoms with Crippen LogP contribution in [0.1, 0.15) is 39.4 Å². The van der Waals surface area contributed by atoms with Gasteiger partial charge in [-0.25, -0.2) is 4.39 Å². The van der Waals surface area contributed by atoms with Crippen LogP contribution < -0.4 is 14.8 Å². The van der Waals surface area contributed by atoms with E-state index in [4.69, 9.17) is 14.0 Å². The fourth-order valence-electron chi connectivity index (χ4n) is 4.10. The summed E-state index contributed by atoms with van der Waals surface area (Å²) in [7, 11) is 0. The number of carbonyl (C=O) groups excluding carboxylic acids is 2. The molecule has 194 valence electrons. The molecular formula is C29H26FN3O5. The van der Waals surface area contributed by atoms with E-state index in [2.05, 4.69) is 10.5 Å². The number of amides is 2. The summed E-state index contributed by atoms with van der Waals surface area (Å²) in [4.78, 5) is 27.5. The first-order valence-corrected chi connectivity index (χ1v) is 12.2. The van der Waals surface area contributed by atoms with Crippen LogP contribution in [0.15, 0.2) is 83.4 Å². The molecule has 0 atom stereocenters. The molecule has 0 saturated heterocycles. The van der Waals surface area contributed by atoms with Gasteiger partial charge in [-0.15, -0.1) is 0 Å². The van der Waals surface area contributed by atoms with Crippen LogP contribution in [0.4, 0.5) is 4.39 Å². The number of halogens is 1. The normalized spacial score (nSPS) is 11.8. The quantitative estimate of drug-likeness (QED) is 0.331. The van der Waals surface area contributed by atoms with Crippen molar-refractivity contribution < 1.29 is 28.0 Å². The smallest absolute Gasteiger partial charge is 0.273 e. The molecule has 2 amide bonds. The third kappa shape index (κ3) is 6.36. The fourth-order valence-corrected chi connectivity index (χ4v) is 4.10. The zero-order valence-corrected chi connectivity index (χ0v) is 20.6. The van der Waals surface area contributed by atoms with Gasteiger partial charge in [-0.1, -0.05) is 53.7 Å². The highest BCUT2D eigenvalue weighted by molar-refractivity contribution is 5.92. The Bertz CT molecular complexity index is 1410. The van der Waals surface area contributed by atoms with Gasteiger partial charge in [0.2, 0.25) is 12.7 Å². The summed E-state index contributed by atoms with van der Waals surface area (Å²) in [5.74, 6) is 0.851. The molecule has 1 N–H and O–H groups in total. The lowest BCUT2D eigenvalue weighted by Gasteiger charge is -2.22. The summed E-state index contributed by atoms with van der Waals surface area (Å²) in [6, 6.07) is 22.8. The van der Waals surface area contributed by atoms with Crippen LogP contribution >= 0.6 is 0 Å². The van der Waals surface area contributed by atoms with Crippen molar-refractivity contribution in [1.82, 2.24) is 15.4 Å². The number of nitrogens with one attached hydrogen (secondary N) is 1. The average Bonchev–Trinajstić information content (AvgIpc) is 3.61. The lowest BCUT2D eigenvalue weighted by molar-refractivity contribution is -0.132. The van der Waals surface area contributed by atoms with Gasteiger partial charge in [-0.2, -0.15) is 0 Å². The minimum absolute atomic E-state index is 0.0646. The van der Waals surface area contributed by atoms with E-state index in [1.807, 2.05) is 48.5 Å². The SMILES string of the molecule is O=C(NCc1ccc(F)cc1)c1cc(CN(Cc2ccc3c(c2)OCO3)C(=O)CCc2ccccc2)on1. The van der Waals surface area contributed by atoms with E-state index in [0.29, 0.717) is 36.6 Å². The second-order valence-electron chi connectivity index (χ2n) is 8.91. The Morgan fingerprint density at radius 1 is 0.868 bits per heavy atom. The number of hydrogen-bond donors (Lipinski definition) is 1. The van der Waals surface area contributed by atoms with E-state index in [1.54, 1.807) is 17.0 Å². The lowest BCUT2D eigenvalue weighted by Crippen LogP contribution is -2.30. The molecule has 0 unspecified atom stereocenters. The highest BCUT2D eigenvalue weighted by Crippen LogP contribution is 2.33. The molecule has 1 aliphatic rings. The molecule has 9 heteroatoms. The summed E-state index contributed by atoms with van der Waals surface area (Å²) in [5.41, 5.74) is 2.80. The van der Waals surface area contributed by atoms with Crippen LogP contribution in [0.2, 0.25) is 0 Å². The monoisotopic (exact) mass is 515 g/mol. The van der Waals surface area contributed by atoms with Crippen LogP contribution in [0.5, 0.6) is 11.5 Å². The maximum Gasteiger partial charge on any atom is 0.273 e. The van der Waals surface area contributed by atoms with Crippen LogP contribution in [0.3, 0.4) is 0 Å². The fraction of sp³-hybridized carbons (Fsp3) is 0.207. The van der Waals surface area contributed by atoms with Crippen LogP contribution in [0, 0.1) is 5.82 Å². The summed E-state index contributed by atoms with van der Waals surface area (Å²) in [6.07, 6.45) is 0.915. The van der Waals surface area contributed by atoms with Gasteiger partial charge in [0.25, 0.3) is 5.91 Å². The Hall–Kier alpha value is -4.66. The molecule has 2 heterocycles. The highest BCUT2D eigenvalue weighted by atomic mass is 19.1. The first-order valence-electron chi connectivity index (χ1n) is 12.2. The summed E-state index contributed by atoms with van der Waals surface area (Å²) < 4.78 is 29.4. The van der Waals surface area contributed by atoms with Gasteiger partial charge in [0.05, 0.1) is 6.54 Å². The lowest BCUT2D eigenvalue weighted by atomic mass is 10.1. The number of carbonyl (C=O) groups is 2. The maximum absolute atomic E-state index is 13.3. The minimum Gasteiger partial charge on any atom is -0.454 e. The number of aromatic nitrogens is 1. The molecule has 0 radical (unpaired) electrons. The Kier molecular flexibility index (Phi) is 7.63. The third-order valence-corrected chi connectivity index (χ3v) is 6.14. The largest absolute Gasteiger partial charge is 0.454 e. The van der Waals surface area contributed by atoms with Crippen molar-refractivity contribution in [3.8, 4) is 11.5 Å². The van der Waals surface area contributed by atoms with Crippen molar-refractivity contribution in [3.05, 3.63) is 113 Å². The van der Waals surface area contributed by atoms with Gasteiger partial charge in [-0.05, 0) is 47.4 Å². The number of hydrogen-bond acceptors (Lipinski definition) is 6. The van der Waals surface area contributed by atoms with Crippen LogP contribution in [-0.4, -0.2) is 28.7 Å². The predicted molar refractivity (Wildman–Crippen MR) is 136 cm³/mol. The first-order chi connectivity index (χ1) is 18.5. The van der Waals surface area contributed by atoms with Gasteiger partial charge >= 0.3 is 0 Å². The van der Waals surface area contributed by atoms with Gasteiger partial charge in [0.1, 0.15) is 5.82 Å². The minimum atomic E-state index is -0.429. The molecule has 38 heavy (non-hydrogen) atoms. The topological polar surface area (TPSA) is 93.9 Å². The molecule has 0 spiro atoms. The van der Waals surface area contributed by atoms with Gasteiger partial charge in [0, 0.05) is 25.6 Å². The van der Waals surface area contributed by atoms with Gasteiger partial charge in [-0.3, -0.25) is 9.59 Å². The number of fused-ring (bicyclic) bond motifs is 1. The van der Waals surface area contributed by atoms with Crippen molar-refractivity contribution in [2.45, 2.75) is 32.5 Å². The molecule has 3 aromatic carbocycles. The van der Waals surface area contributed by atoms with E-state index in [1.165, 1.54) is 18.2 Å². The van der Waals surface area contributed by atoms with Gasteiger partial charge < -0.3 is 24.2 Å². The number of aryl methyl sites for hydroxylation is 1. The number of benzene rings is 3. The summed E-state index contributed by atoms with van der Waals surface area (Å²) >= 11 is 0. The van der Waals surface area contributed by atoms with E-state index < -0.39 is 5.91 Å².